The summed E-state index contributed by atoms with van der Waals surface area (Å²) in [6, 6.07) is 1.87. The zero-order valence-electron chi connectivity index (χ0n) is 17.6. The Morgan fingerprint density at radius 1 is 1.10 bits per heavy atom. The molecule has 0 bridgehead atoms. The molecule has 1 aromatic heterocycles. The number of methoxy groups -OCH3 is 2. The summed E-state index contributed by atoms with van der Waals surface area (Å²) in [4.78, 5) is 24.0. The summed E-state index contributed by atoms with van der Waals surface area (Å²) in [6.07, 6.45) is 8.58. The zero-order valence-corrected chi connectivity index (χ0v) is 17.6. The van der Waals surface area contributed by atoms with Gasteiger partial charge in [-0.05, 0) is 64.0 Å². The smallest absolute Gasteiger partial charge is 0.333 e. The fourth-order valence-corrected chi connectivity index (χ4v) is 2.73. The summed E-state index contributed by atoms with van der Waals surface area (Å²) in [5, 5.41) is 19.8. The van der Waals surface area contributed by atoms with Gasteiger partial charge in [0.1, 0.15) is 0 Å². The molecule has 29 heavy (non-hydrogen) atoms. The molecule has 7 nitrogen and oxygen atoms in total. The van der Waals surface area contributed by atoms with E-state index in [1.54, 1.807) is 18.6 Å². The maximum Gasteiger partial charge on any atom is 0.333 e. The summed E-state index contributed by atoms with van der Waals surface area (Å²) in [7, 11) is 2.62. The molecule has 0 saturated carbocycles. The molecule has 0 unspecified atom stereocenters. The highest BCUT2D eigenvalue weighted by Gasteiger charge is 2.25. The van der Waals surface area contributed by atoms with Crippen LogP contribution in [0.25, 0.3) is 0 Å². The topological polar surface area (TPSA) is 106 Å². The Morgan fingerprint density at radius 3 is 2.21 bits per heavy atom. The van der Waals surface area contributed by atoms with Crippen molar-refractivity contribution in [1.82, 2.24) is 0 Å². The van der Waals surface area contributed by atoms with Crippen molar-refractivity contribution in [1.29, 1.82) is 0 Å². The van der Waals surface area contributed by atoms with E-state index in [0.29, 0.717) is 30.4 Å². The molecule has 1 aromatic rings. The van der Waals surface area contributed by atoms with Crippen molar-refractivity contribution >= 4 is 11.9 Å². The zero-order chi connectivity index (χ0) is 21.9. The molecule has 0 aliphatic rings. The maximum absolute atomic E-state index is 12.0. The van der Waals surface area contributed by atoms with Crippen LogP contribution in [0.2, 0.25) is 0 Å². The van der Waals surface area contributed by atoms with E-state index in [-0.39, 0.29) is 12.8 Å². The van der Waals surface area contributed by atoms with Crippen LogP contribution in [0.4, 0.5) is 0 Å². The Kier molecular flexibility index (Phi) is 10.4. The lowest BCUT2D eigenvalue weighted by molar-refractivity contribution is -0.137. The molecule has 0 aliphatic heterocycles. The molecule has 162 valence electrons. The van der Waals surface area contributed by atoms with Gasteiger partial charge in [0, 0.05) is 11.1 Å². The van der Waals surface area contributed by atoms with Gasteiger partial charge in [0.2, 0.25) is 0 Å². The number of rotatable bonds is 12. The van der Waals surface area contributed by atoms with Crippen molar-refractivity contribution in [2.45, 2.75) is 64.1 Å². The summed E-state index contributed by atoms with van der Waals surface area (Å²) in [5.74, 6) is -0.890. The molecular formula is C22H32O7. The molecule has 0 amide bonds. The van der Waals surface area contributed by atoms with E-state index >= 15 is 0 Å². The number of hydrogen-bond donors (Lipinski definition) is 2. The number of carbonyl (C=O) groups is 2. The summed E-state index contributed by atoms with van der Waals surface area (Å²) in [5.41, 5.74) is 0.729. The van der Waals surface area contributed by atoms with Crippen LogP contribution >= 0.6 is 0 Å². The number of aliphatic hydroxyl groups is 2. The third kappa shape index (κ3) is 9.11. The molecule has 0 radical (unpaired) electrons. The van der Waals surface area contributed by atoms with Crippen molar-refractivity contribution in [2.75, 3.05) is 14.2 Å². The Bertz CT molecular complexity index is 693. The van der Waals surface area contributed by atoms with E-state index in [1.807, 2.05) is 12.1 Å². The number of aliphatic hydroxyl groups excluding tert-OH is 1. The molecule has 2 N–H and O–H groups in total. The molecular weight excluding hydrogens is 376 g/mol. The third-order valence-electron chi connectivity index (χ3n) is 4.61. The Hall–Kier alpha value is -2.38. The van der Waals surface area contributed by atoms with Gasteiger partial charge in [-0.25, -0.2) is 9.59 Å². The fourth-order valence-electron chi connectivity index (χ4n) is 2.73. The number of allylic oxidation sites excluding steroid dienone is 2. The molecule has 0 spiro atoms. The Balaban J connectivity index is 2.72. The lowest BCUT2D eigenvalue weighted by Crippen LogP contribution is -2.35. The molecule has 0 aliphatic carbocycles. The molecule has 0 fully saturated rings. The molecule has 1 heterocycles. The minimum Gasteiger partial charge on any atom is -0.472 e. The van der Waals surface area contributed by atoms with Crippen LogP contribution in [0.3, 0.4) is 0 Å². The van der Waals surface area contributed by atoms with Gasteiger partial charge in [-0.3, -0.25) is 0 Å². The van der Waals surface area contributed by atoms with E-state index in [0.717, 1.165) is 12.0 Å². The van der Waals surface area contributed by atoms with Gasteiger partial charge < -0.3 is 24.1 Å². The average molecular weight is 408 g/mol. The Labute approximate surface area is 172 Å². The van der Waals surface area contributed by atoms with Crippen LogP contribution in [0, 0.1) is 0 Å². The SMILES string of the molecule is COC(=O)/C(=C\CCc1ccoc1)CC/C=C(/CC[C@@H](O)C(C)(C)O)C(=O)OC. The quantitative estimate of drug-likeness (QED) is 0.404. The second-order valence-corrected chi connectivity index (χ2v) is 7.36. The van der Waals surface area contributed by atoms with Crippen LogP contribution in [0.5, 0.6) is 0 Å². The number of esters is 2. The van der Waals surface area contributed by atoms with Crippen LogP contribution in [0.1, 0.15) is 51.5 Å². The summed E-state index contributed by atoms with van der Waals surface area (Å²) >= 11 is 0. The van der Waals surface area contributed by atoms with Crippen LogP contribution in [-0.2, 0) is 25.5 Å². The predicted molar refractivity (Wildman–Crippen MR) is 108 cm³/mol. The van der Waals surface area contributed by atoms with Crippen molar-refractivity contribution in [2.24, 2.45) is 0 Å². The van der Waals surface area contributed by atoms with E-state index in [4.69, 9.17) is 13.9 Å². The fraction of sp³-hybridized carbons (Fsp3) is 0.545. The number of hydrogen-bond acceptors (Lipinski definition) is 7. The maximum atomic E-state index is 12.0. The van der Waals surface area contributed by atoms with E-state index in [9.17, 15) is 19.8 Å². The van der Waals surface area contributed by atoms with E-state index in [2.05, 4.69) is 0 Å². The van der Waals surface area contributed by atoms with Gasteiger partial charge in [-0.15, -0.1) is 0 Å². The van der Waals surface area contributed by atoms with Gasteiger partial charge in [-0.2, -0.15) is 0 Å². The van der Waals surface area contributed by atoms with Crippen LogP contribution in [-0.4, -0.2) is 48.1 Å². The normalized spacial score (nSPS) is 13.9. The Morgan fingerprint density at radius 2 is 1.69 bits per heavy atom. The number of ether oxygens (including phenoxy) is 2. The first kappa shape index (κ1) is 24.7. The number of aryl methyl sites for hydroxylation is 1. The number of furan rings is 1. The highest BCUT2D eigenvalue weighted by molar-refractivity contribution is 5.89. The van der Waals surface area contributed by atoms with Gasteiger partial charge in [-0.1, -0.05) is 12.2 Å². The van der Waals surface area contributed by atoms with Crippen molar-refractivity contribution < 1.29 is 33.7 Å². The largest absolute Gasteiger partial charge is 0.472 e. The first-order chi connectivity index (χ1) is 13.7. The average Bonchev–Trinajstić information content (AvgIpc) is 3.20. The van der Waals surface area contributed by atoms with Gasteiger partial charge in [0.05, 0.1) is 38.5 Å². The second-order valence-electron chi connectivity index (χ2n) is 7.36. The highest BCUT2D eigenvalue weighted by atomic mass is 16.5. The number of carbonyl (C=O) groups excluding carboxylic acids is 2. The van der Waals surface area contributed by atoms with Gasteiger partial charge in [0.25, 0.3) is 0 Å². The second kappa shape index (κ2) is 12.2. The molecule has 1 atom stereocenters. The summed E-state index contributed by atoms with van der Waals surface area (Å²) < 4.78 is 14.7. The lowest BCUT2D eigenvalue weighted by atomic mass is 9.95. The van der Waals surface area contributed by atoms with E-state index in [1.165, 1.54) is 28.1 Å². The summed E-state index contributed by atoms with van der Waals surface area (Å²) in [6.45, 7) is 3.02. The molecule has 7 heteroatoms. The van der Waals surface area contributed by atoms with Gasteiger partial charge in [0.15, 0.2) is 0 Å². The lowest BCUT2D eigenvalue weighted by Gasteiger charge is -2.24. The molecule has 0 aromatic carbocycles. The minimum atomic E-state index is -1.25. The highest BCUT2D eigenvalue weighted by Crippen LogP contribution is 2.19. The van der Waals surface area contributed by atoms with Crippen LogP contribution < -0.4 is 0 Å². The van der Waals surface area contributed by atoms with Gasteiger partial charge >= 0.3 is 11.9 Å². The molecule has 1 rings (SSSR count). The van der Waals surface area contributed by atoms with Crippen molar-refractivity contribution in [3.05, 3.63) is 47.5 Å². The molecule has 0 saturated heterocycles. The third-order valence-corrected chi connectivity index (χ3v) is 4.61. The first-order valence-electron chi connectivity index (χ1n) is 9.65. The standard InChI is InChI=1S/C22H32O7/c1-22(2,26)19(23)12-11-18(21(25)28-4)10-6-9-17(20(24)27-3)8-5-7-16-13-14-29-15-16/h8,10,13-15,19,23,26H,5-7,9,11-12H2,1-4H3/b17-8-,18-10-/t19-/m1/s1. The first-order valence-corrected chi connectivity index (χ1v) is 9.65. The van der Waals surface area contributed by atoms with E-state index < -0.39 is 23.6 Å². The minimum absolute atomic E-state index is 0.217. The van der Waals surface area contributed by atoms with Crippen LogP contribution in [0.15, 0.2) is 46.3 Å². The monoisotopic (exact) mass is 408 g/mol. The van der Waals surface area contributed by atoms with Crippen molar-refractivity contribution in [3.8, 4) is 0 Å². The predicted octanol–water partition coefficient (Wildman–Crippen LogP) is 3.10. The van der Waals surface area contributed by atoms with Crippen molar-refractivity contribution in [3.63, 3.8) is 0 Å².